The van der Waals surface area contributed by atoms with Crippen LogP contribution in [0.25, 0.3) is 10.9 Å². The Balaban J connectivity index is 2.45. The Labute approximate surface area is 120 Å². The molecule has 1 aromatic heterocycles. The molecule has 1 aliphatic rings. The maximum atomic E-state index is 14.1. The van der Waals surface area contributed by atoms with Crippen LogP contribution in [-0.2, 0) is 6.42 Å². The largest absolute Gasteiger partial charge is 0.478 e. The number of carbonyl (C=O) groups is 1. The van der Waals surface area contributed by atoms with Gasteiger partial charge < -0.3 is 5.11 Å². The molecule has 21 heavy (non-hydrogen) atoms. The van der Waals surface area contributed by atoms with Crippen LogP contribution in [0.1, 0.15) is 47.8 Å². The number of rotatable bonds is 1. The molecule has 0 radical (unpaired) electrons. The lowest BCUT2D eigenvalue weighted by molar-refractivity contribution is 0.0696. The summed E-state index contributed by atoms with van der Waals surface area (Å²) >= 11 is 0. The van der Waals surface area contributed by atoms with E-state index in [-0.39, 0.29) is 22.4 Å². The molecule has 0 spiro atoms. The molecule has 0 saturated heterocycles. The van der Waals surface area contributed by atoms with Gasteiger partial charge >= 0.3 is 5.97 Å². The summed E-state index contributed by atoms with van der Waals surface area (Å²) in [6.45, 7) is 3.99. The highest BCUT2D eigenvalue weighted by molar-refractivity contribution is 6.04. The zero-order valence-corrected chi connectivity index (χ0v) is 11.8. The topological polar surface area (TPSA) is 50.2 Å². The quantitative estimate of drug-likeness (QED) is 0.867. The highest BCUT2D eigenvalue weighted by Crippen LogP contribution is 2.39. The van der Waals surface area contributed by atoms with Crippen molar-refractivity contribution in [2.75, 3.05) is 0 Å². The number of nitrogens with zero attached hydrogens (tertiary/aromatic N) is 1. The van der Waals surface area contributed by atoms with E-state index in [2.05, 4.69) is 11.9 Å². The minimum absolute atomic E-state index is 0.00352. The second-order valence-corrected chi connectivity index (χ2v) is 5.88. The first kappa shape index (κ1) is 13.9. The van der Waals surface area contributed by atoms with Crippen LogP contribution in [0.5, 0.6) is 0 Å². The van der Waals surface area contributed by atoms with Crippen LogP contribution in [0.4, 0.5) is 8.78 Å². The predicted octanol–water partition coefficient (Wildman–Crippen LogP) is 3.90. The molecule has 1 aliphatic carbocycles. The molecule has 1 N–H and O–H groups in total. The lowest BCUT2D eigenvalue weighted by atomic mass is 9.78. The van der Waals surface area contributed by atoms with Gasteiger partial charge in [-0.15, -0.1) is 0 Å². The molecule has 0 saturated carbocycles. The molecule has 2 aromatic rings. The van der Waals surface area contributed by atoms with E-state index in [0.29, 0.717) is 29.7 Å². The van der Waals surface area contributed by atoms with Crippen molar-refractivity contribution in [3.8, 4) is 0 Å². The standard InChI is InChI=1S/C16H15F2NO2/c1-7-3-8(2)13-11(4-7)19-12-6-9(17)5-10(18)14(12)15(13)16(20)21/h5-8H,3-4H2,1-2H3,(H,20,21). The third kappa shape index (κ3) is 2.17. The zero-order valence-electron chi connectivity index (χ0n) is 11.8. The molecule has 0 fully saturated rings. The third-order valence-corrected chi connectivity index (χ3v) is 4.12. The fourth-order valence-corrected chi connectivity index (χ4v) is 3.42. The van der Waals surface area contributed by atoms with Crippen molar-refractivity contribution in [3.05, 3.63) is 40.6 Å². The van der Waals surface area contributed by atoms with E-state index in [1.54, 1.807) is 0 Å². The van der Waals surface area contributed by atoms with E-state index in [1.165, 1.54) is 0 Å². The van der Waals surface area contributed by atoms with Gasteiger partial charge in [0.2, 0.25) is 0 Å². The van der Waals surface area contributed by atoms with Gasteiger partial charge in [-0.05, 0) is 30.2 Å². The van der Waals surface area contributed by atoms with Gasteiger partial charge in [0.15, 0.2) is 0 Å². The lowest BCUT2D eigenvalue weighted by Crippen LogP contribution is -2.21. The molecule has 110 valence electrons. The molecule has 2 unspecified atom stereocenters. The Morgan fingerprint density at radius 3 is 2.71 bits per heavy atom. The number of hydrogen-bond donors (Lipinski definition) is 1. The van der Waals surface area contributed by atoms with Crippen molar-refractivity contribution in [1.82, 2.24) is 4.98 Å². The number of hydrogen-bond acceptors (Lipinski definition) is 2. The third-order valence-electron chi connectivity index (χ3n) is 4.12. The summed E-state index contributed by atoms with van der Waals surface area (Å²) in [6.07, 6.45) is 1.47. The van der Waals surface area contributed by atoms with Gasteiger partial charge in [0.25, 0.3) is 0 Å². The van der Waals surface area contributed by atoms with Crippen LogP contribution in [-0.4, -0.2) is 16.1 Å². The van der Waals surface area contributed by atoms with E-state index < -0.39 is 17.6 Å². The Morgan fingerprint density at radius 2 is 2.05 bits per heavy atom. The van der Waals surface area contributed by atoms with E-state index in [4.69, 9.17) is 0 Å². The SMILES string of the molecule is CC1Cc2nc3cc(F)cc(F)c3c(C(=O)O)c2C(C)C1. The minimum Gasteiger partial charge on any atom is -0.478 e. The van der Waals surface area contributed by atoms with Crippen LogP contribution < -0.4 is 0 Å². The molecule has 0 bridgehead atoms. The molecule has 1 heterocycles. The number of halogens is 2. The Morgan fingerprint density at radius 1 is 1.33 bits per heavy atom. The highest BCUT2D eigenvalue weighted by Gasteiger charge is 2.30. The van der Waals surface area contributed by atoms with E-state index >= 15 is 0 Å². The van der Waals surface area contributed by atoms with Crippen molar-refractivity contribution in [2.24, 2.45) is 5.92 Å². The summed E-state index contributed by atoms with van der Waals surface area (Å²) in [5.41, 5.74) is 1.26. The van der Waals surface area contributed by atoms with Crippen LogP contribution in [0.15, 0.2) is 12.1 Å². The lowest BCUT2D eigenvalue weighted by Gasteiger charge is -2.28. The van der Waals surface area contributed by atoms with Crippen molar-refractivity contribution in [3.63, 3.8) is 0 Å². The van der Waals surface area contributed by atoms with E-state index in [9.17, 15) is 18.7 Å². The fraction of sp³-hybridized carbons (Fsp3) is 0.375. The van der Waals surface area contributed by atoms with Gasteiger partial charge in [0.1, 0.15) is 11.6 Å². The zero-order chi connectivity index (χ0) is 15.3. The highest BCUT2D eigenvalue weighted by atomic mass is 19.1. The smallest absolute Gasteiger partial charge is 0.336 e. The van der Waals surface area contributed by atoms with Gasteiger partial charge in [-0.2, -0.15) is 0 Å². The van der Waals surface area contributed by atoms with Crippen molar-refractivity contribution in [2.45, 2.75) is 32.6 Å². The summed E-state index contributed by atoms with van der Waals surface area (Å²) in [6, 6.07) is 1.80. The van der Waals surface area contributed by atoms with Crippen LogP contribution in [0.2, 0.25) is 0 Å². The molecule has 1 aromatic carbocycles. The minimum atomic E-state index is -1.19. The fourth-order valence-electron chi connectivity index (χ4n) is 3.42. The molecule has 2 atom stereocenters. The molecule has 0 aliphatic heterocycles. The number of carboxylic acids is 1. The van der Waals surface area contributed by atoms with Gasteiger partial charge in [-0.1, -0.05) is 13.8 Å². The second-order valence-electron chi connectivity index (χ2n) is 5.88. The summed E-state index contributed by atoms with van der Waals surface area (Å²) in [5, 5.41) is 9.43. The first-order valence-corrected chi connectivity index (χ1v) is 6.93. The number of pyridine rings is 1. The van der Waals surface area contributed by atoms with Gasteiger partial charge in [0.05, 0.1) is 16.5 Å². The van der Waals surface area contributed by atoms with Crippen LogP contribution in [0, 0.1) is 17.6 Å². The van der Waals surface area contributed by atoms with Crippen LogP contribution >= 0.6 is 0 Å². The maximum Gasteiger partial charge on any atom is 0.336 e. The Hall–Kier alpha value is -2.04. The molecule has 3 rings (SSSR count). The summed E-state index contributed by atoms with van der Waals surface area (Å²) in [4.78, 5) is 16.0. The van der Waals surface area contributed by atoms with E-state index in [0.717, 1.165) is 12.5 Å². The molecule has 5 heteroatoms. The summed E-state index contributed by atoms with van der Waals surface area (Å²) in [5.74, 6) is -2.44. The molecular weight excluding hydrogens is 276 g/mol. The van der Waals surface area contributed by atoms with Gasteiger partial charge in [-0.3, -0.25) is 4.98 Å². The summed E-state index contributed by atoms with van der Waals surface area (Å²) < 4.78 is 27.5. The molecule has 3 nitrogen and oxygen atoms in total. The predicted molar refractivity (Wildman–Crippen MR) is 74.5 cm³/mol. The molecule has 0 amide bonds. The van der Waals surface area contributed by atoms with Crippen molar-refractivity contribution >= 4 is 16.9 Å². The average molecular weight is 291 g/mol. The number of fused-ring (bicyclic) bond motifs is 2. The van der Waals surface area contributed by atoms with E-state index in [1.807, 2.05) is 6.92 Å². The normalized spacial score (nSPS) is 21.3. The Kier molecular flexibility index (Phi) is 3.15. The van der Waals surface area contributed by atoms with Crippen molar-refractivity contribution < 1.29 is 18.7 Å². The average Bonchev–Trinajstić information content (AvgIpc) is 2.35. The summed E-state index contributed by atoms with van der Waals surface area (Å²) in [7, 11) is 0. The number of aromatic carboxylic acids is 1. The first-order chi connectivity index (χ1) is 9.88. The number of carboxylic acid groups (broad SMARTS) is 1. The van der Waals surface area contributed by atoms with Crippen molar-refractivity contribution in [1.29, 1.82) is 0 Å². The molecular formula is C16H15F2NO2. The van der Waals surface area contributed by atoms with Crippen LogP contribution in [0.3, 0.4) is 0 Å². The van der Waals surface area contributed by atoms with Gasteiger partial charge in [0, 0.05) is 17.8 Å². The number of aromatic nitrogens is 1. The van der Waals surface area contributed by atoms with Gasteiger partial charge in [-0.25, -0.2) is 13.6 Å². The second kappa shape index (κ2) is 4.76. The first-order valence-electron chi connectivity index (χ1n) is 6.93. The number of benzene rings is 1. The monoisotopic (exact) mass is 291 g/mol. The maximum absolute atomic E-state index is 14.1. The Bertz CT molecular complexity index is 758.